The van der Waals surface area contributed by atoms with Crippen LogP contribution >= 0.6 is 12.2 Å². The number of nitrogens with zero attached hydrogens (tertiary/aromatic N) is 1. The van der Waals surface area contributed by atoms with Crippen molar-refractivity contribution in [1.82, 2.24) is 9.55 Å². The van der Waals surface area contributed by atoms with E-state index in [1.165, 1.54) is 0 Å². The molecule has 1 aromatic heterocycles. The van der Waals surface area contributed by atoms with Gasteiger partial charge in [-0.25, -0.2) is 13.2 Å². The highest BCUT2D eigenvalue weighted by Crippen LogP contribution is 2.47. The third-order valence-corrected chi connectivity index (χ3v) is 3.49. The van der Waals surface area contributed by atoms with Gasteiger partial charge in [0.2, 0.25) is 11.5 Å². The van der Waals surface area contributed by atoms with Crippen molar-refractivity contribution in [3.05, 3.63) is 27.1 Å². The number of alkyl halides is 3. The monoisotopic (exact) mass is 330 g/mol. The zero-order valence-corrected chi connectivity index (χ0v) is 11.0. The number of nitrogens with one attached hydrogen (secondary N) is 1. The number of aromatic nitrogens is 2. The van der Waals surface area contributed by atoms with E-state index in [0.717, 1.165) is 0 Å². The maximum atomic E-state index is 14.5. The molecule has 11 heteroatoms. The number of hydrogen-bond donors (Lipinski definition) is 3. The van der Waals surface area contributed by atoms with Gasteiger partial charge in [0.15, 0.2) is 17.1 Å². The Kier molecular flexibility index (Phi) is 3.95. The molecule has 0 aliphatic carbocycles. The van der Waals surface area contributed by atoms with E-state index in [9.17, 15) is 27.5 Å². The lowest BCUT2D eigenvalue weighted by Crippen LogP contribution is -2.49. The lowest BCUT2D eigenvalue weighted by Gasteiger charge is -2.26. The van der Waals surface area contributed by atoms with Gasteiger partial charge in [-0.05, 0) is 12.2 Å². The quantitative estimate of drug-likeness (QED) is 0.547. The molecule has 21 heavy (non-hydrogen) atoms. The summed E-state index contributed by atoms with van der Waals surface area (Å²) >= 11 is 4.64. The van der Waals surface area contributed by atoms with E-state index < -0.39 is 53.3 Å². The van der Waals surface area contributed by atoms with Crippen molar-refractivity contribution in [2.45, 2.75) is 23.9 Å². The number of H-pyrrole nitrogens is 1. The van der Waals surface area contributed by atoms with E-state index >= 15 is 0 Å². The molecule has 6 nitrogen and oxygen atoms in total. The van der Waals surface area contributed by atoms with Crippen molar-refractivity contribution in [3.63, 3.8) is 0 Å². The van der Waals surface area contributed by atoms with E-state index in [2.05, 4.69) is 17.0 Å². The average Bonchev–Trinajstić information content (AvgIpc) is 2.66. The summed E-state index contributed by atoms with van der Waals surface area (Å²) in [6.07, 6.45) is -4.50. The predicted molar refractivity (Wildman–Crippen MR) is 62.7 cm³/mol. The molecule has 1 aliphatic heterocycles. The zero-order valence-electron chi connectivity index (χ0n) is 10.2. The molecule has 1 fully saturated rings. The molecule has 1 aromatic rings. The lowest BCUT2D eigenvalue weighted by molar-refractivity contribution is -0.207. The van der Waals surface area contributed by atoms with Gasteiger partial charge in [0.25, 0.3) is 11.4 Å². The van der Waals surface area contributed by atoms with Gasteiger partial charge < -0.3 is 14.9 Å². The normalized spacial score (nSPS) is 36.1. The molecular weight excluding hydrogens is 320 g/mol. The minimum Gasteiger partial charge on any atom is -0.390 e. The van der Waals surface area contributed by atoms with Gasteiger partial charge in [-0.1, -0.05) is 0 Å². The summed E-state index contributed by atoms with van der Waals surface area (Å²) in [5.41, 5.74) is -4.55. The predicted octanol–water partition coefficient (Wildman–Crippen LogP) is 0.271. The molecule has 0 bridgehead atoms. The number of halogens is 4. The fourth-order valence-corrected chi connectivity index (χ4v) is 2.27. The number of rotatable bonds is 3. The molecule has 4 atom stereocenters. The van der Waals surface area contributed by atoms with Crippen LogP contribution in [0.1, 0.15) is 6.23 Å². The second-order valence-electron chi connectivity index (χ2n) is 4.52. The van der Waals surface area contributed by atoms with Gasteiger partial charge in [-0.15, -0.1) is 0 Å². The molecule has 1 saturated heterocycles. The third-order valence-electron chi connectivity index (χ3n) is 3.18. The second-order valence-corrected chi connectivity index (χ2v) is 4.91. The summed E-state index contributed by atoms with van der Waals surface area (Å²) in [7, 11) is 0. The van der Waals surface area contributed by atoms with Gasteiger partial charge in [0.1, 0.15) is 13.3 Å². The minimum atomic E-state index is -3.33. The van der Waals surface area contributed by atoms with Crippen LogP contribution in [0, 0.1) is 10.6 Å². The number of aromatic amines is 1. The molecule has 0 spiro atoms. The minimum absolute atomic E-state index is 0.395. The fraction of sp³-hybridized carbons (Fsp3) is 0.600. The molecule has 2 rings (SSSR count). The van der Waals surface area contributed by atoms with E-state index in [1.54, 1.807) is 0 Å². The first-order chi connectivity index (χ1) is 9.69. The van der Waals surface area contributed by atoms with Crippen LogP contribution in [0.3, 0.4) is 0 Å². The molecule has 3 N–H and O–H groups in total. The van der Waals surface area contributed by atoms with Gasteiger partial charge in [-0.2, -0.15) is 4.39 Å². The van der Waals surface area contributed by atoms with Crippen LogP contribution < -0.4 is 5.56 Å². The summed E-state index contributed by atoms with van der Waals surface area (Å²) in [6, 6.07) is 0. The van der Waals surface area contributed by atoms with Gasteiger partial charge in [0.05, 0.1) is 6.20 Å². The van der Waals surface area contributed by atoms with Crippen molar-refractivity contribution < 1.29 is 32.5 Å². The smallest absolute Gasteiger partial charge is 0.287 e. The van der Waals surface area contributed by atoms with Gasteiger partial charge >= 0.3 is 0 Å². The number of aliphatic hydroxyl groups is 2. The molecule has 1 unspecified atom stereocenters. The molecule has 2 heterocycles. The van der Waals surface area contributed by atoms with Crippen LogP contribution in [0.5, 0.6) is 0 Å². The maximum Gasteiger partial charge on any atom is 0.287 e. The topological polar surface area (TPSA) is 87.5 Å². The summed E-state index contributed by atoms with van der Waals surface area (Å²) in [4.78, 5) is 12.8. The summed E-state index contributed by atoms with van der Waals surface area (Å²) in [6.45, 7) is -3.36. The molecule has 0 aromatic carbocycles. The second kappa shape index (κ2) is 5.16. The standard InChI is InChI=1S/C10H10F4N2O4S/c11-2-9(13)6(19)10(14,3-17)20-7(9)16-1-4(12)5(18)15-8(16)21/h1,6-7,17,19H,2-3H2,(H,15,18,21)/t6?,7-,9-,10-/m1/s1. The van der Waals surface area contributed by atoms with Crippen LogP contribution in [0.2, 0.25) is 0 Å². The molecule has 0 saturated carbocycles. The summed E-state index contributed by atoms with van der Waals surface area (Å²) in [5.74, 6) is -4.70. The van der Waals surface area contributed by atoms with Gasteiger partial charge in [-0.3, -0.25) is 14.3 Å². The van der Waals surface area contributed by atoms with Crippen molar-refractivity contribution in [2.24, 2.45) is 0 Å². The Morgan fingerprint density at radius 3 is 2.67 bits per heavy atom. The largest absolute Gasteiger partial charge is 0.390 e. The van der Waals surface area contributed by atoms with Crippen molar-refractivity contribution in [2.75, 3.05) is 13.3 Å². The molecule has 1 aliphatic rings. The number of hydrogen-bond acceptors (Lipinski definition) is 5. The third kappa shape index (κ3) is 2.29. The SMILES string of the molecule is O=c1[nH]c(=S)n([C@@H]2O[C@](F)(CO)C(O)[C@]2(F)CF)cc1F. The molecule has 118 valence electrons. The highest BCUT2D eigenvalue weighted by Gasteiger charge is 2.66. The van der Waals surface area contributed by atoms with E-state index in [-0.39, 0.29) is 0 Å². The molecule has 0 radical (unpaired) electrons. The first kappa shape index (κ1) is 16.1. The van der Waals surface area contributed by atoms with Crippen LogP contribution in [0.4, 0.5) is 17.6 Å². The van der Waals surface area contributed by atoms with E-state index in [1.807, 2.05) is 4.98 Å². The number of ether oxygens (including phenoxy) is 1. The molecule has 0 amide bonds. The summed E-state index contributed by atoms with van der Waals surface area (Å²) in [5, 5.41) is 18.4. The Balaban J connectivity index is 2.60. The van der Waals surface area contributed by atoms with Crippen molar-refractivity contribution in [1.29, 1.82) is 0 Å². The lowest BCUT2D eigenvalue weighted by atomic mass is 9.96. The van der Waals surface area contributed by atoms with E-state index in [4.69, 9.17) is 5.11 Å². The first-order valence-corrected chi connectivity index (χ1v) is 6.02. The highest BCUT2D eigenvalue weighted by molar-refractivity contribution is 7.71. The Bertz CT molecular complexity index is 667. The highest BCUT2D eigenvalue weighted by atomic mass is 32.1. The first-order valence-electron chi connectivity index (χ1n) is 5.61. The fourth-order valence-electron chi connectivity index (χ4n) is 2.03. The Labute approximate surface area is 119 Å². The van der Waals surface area contributed by atoms with Crippen LogP contribution in [-0.2, 0) is 4.74 Å². The zero-order chi connectivity index (χ0) is 16.0. The van der Waals surface area contributed by atoms with Crippen LogP contribution in [-0.4, -0.2) is 50.7 Å². The maximum absolute atomic E-state index is 14.5. The molecular formula is C10H10F4N2O4S. The van der Waals surface area contributed by atoms with Crippen LogP contribution in [0.25, 0.3) is 0 Å². The number of aliphatic hydroxyl groups excluding tert-OH is 2. The van der Waals surface area contributed by atoms with Crippen molar-refractivity contribution in [3.8, 4) is 0 Å². The van der Waals surface area contributed by atoms with Crippen molar-refractivity contribution >= 4 is 12.2 Å². The Morgan fingerprint density at radius 2 is 2.14 bits per heavy atom. The average molecular weight is 330 g/mol. The Hall–Kier alpha value is -1.30. The van der Waals surface area contributed by atoms with E-state index in [0.29, 0.717) is 10.8 Å². The van der Waals surface area contributed by atoms with Crippen LogP contribution in [0.15, 0.2) is 11.0 Å². The van der Waals surface area contributed by atoms with Gasteiger partial charge in [0, 0.05) is 0 Å². The summed E-state index contributed by atoms with van der Waals surface area (Å²) < 4.78 is 59.1. The Morgan fingerprint density at radius 1 is 1.52 bits per heavy atom.